The topological polar surface area (TPSA) is 84.9 Å². The number of halogens is 1. The third-order valence-corrected chi connectivity index (χ3v) is 4.49. The van der Waals surface area contributed by atoms with E-state index in [1.54, 1.807) is 17.0 Å². The van der Waals surface area contributed by atoms with Gasteiger partial charge in [0.25, 0.3) is 0 Å². The van der Waals surface area contributed by atoms with Crippen LogP contribution in [-0.2, 0) is 21.4 Å². The van der Waals surface area contributed by atoms with Crippen LogP contribution in [0.3, 0.4) is 0 Å². The number of hydrogen-bond donors (Lipinski definition) is 1. The van der Waals surface area contributed by atoms with E-state index in [1.165, 1.54) is 6.07 Å². The Kier molecular flexibility index (Phi) is 7.14. The number of urea groups is 1. The Bertz CT molecular complexity index is 733. The lowest BCUT2D eigenvalue weighted by atomic mass is 10.1. The highest BCUT2D eigenvalue weighted by molar-refractivity contribution is 7.86. The van der Waals surface area contributed by atoms with Gasteiger partial charge in [-0.3, -0.25) is 0 Å². The minimum Gasteiger partial charge on any atom is -0.382 e. The molecule has 26 heavy (non-hydrogen) atoms. The molecule has 0 radical (unpaired) electrons. The van der Waals surface area contributed by atoms with Crippen LogP contribution >= 0.6 is 11.6 Å². The molecule has 1 fully saturated rings. The molecule has 0 unspecified atom stereocenters. The molecule has 1 heterocycles. The molecule has 0 spiro atoms. The van der Waals surface area contributed by atoms with Crippen molar-refractivity contribution in [2.24, 2.45) is 0 Å². The number of nitrogens with zero attached hydrogens (tertiary/aromatic N) is 1. The summed E-state index contributed by atoms with van der Waals surface area (Å²) in [5.41, 5.74) is 0.514. The van der Waals surface area contributed by atoms with Gasteiger partial charge in [-0.05, 0) is 44.9 Å². The van der Waals surface area contributed by atoms with Crippen LogP contribution in [-0.4, -0.2) is 50.9 Å². The molecule has 9 heteroatoms. The number of carbonyl (C=O) groups excluding carboxylic acids is 1. The highest BCUT2D eigenvalue weighted by Gasteiger charge is 2.24. The third kappa shape index (κ3) is 6.66. The molecule has 1 aliphatic heterocycles. The Morgan fingerprint density at radius 1 is 1.46 bits per heavy atom. The van der Waals surface area contributed by atoms with Crippen LogP contribution in [0.15, 0.2) is 18.2 Å². The van der Waals surface area contributed by atoms with E-state index in [9.17, 15) is 13.2 Å². The fraction of sp³-hybridized carbons (Fsp3) is 0.588. The zero-order valence-electron chi connectivity index (χ0n) is 15.2. The first-order valence-electron chi connectivity index (χ1n) is 8.49. The summed E-state index contributed by atoms with van der Waals surface area (Å²) in [5.74, 6) is 0.159. The van der Waals surface area contributed by atoms with Gasteiger partial charge < -0.3 is 19.1 Å². The molecule has 1 N–H and O–H groups in total. The Hall–Kier alpha value is -1.51. The largest absolute Gasteiger partial charge is 0.382 e. The second-order valence-corrected chi connectivity index (χ2v) is 8.67. The zero-order chi connectivity index (χ0) is 19.3. The molecule has 1 atom stereocenters. The maximum absolute atomic E-state index is 12.6. The lowest BCUT2D eigenvalue weighted by molar-refractivity contribution is 0.0790. The molecule has 7 nitrogen and oxygen atoms in total. The van der Waals surface area contributed by atoms with Gasteiger partial charge in [0.05, 0.1) is 18.9 Å². The fourth-order valence-electron chi connectivity index (χ4n) is 2.71. The summed E-state index contributed by atoms with van der Waals surface area (Å²) in [6, 6.07) is 4.36. The first-order valence-corrected chi connectivity index (χ1v) is 10.7. The van der Waals surface area contributed by atoms with Crippen LogP contribution in [0.5, 0.6) is 5.75 Å². The zero-order valence-corrected chi connectivity index (χ0v) is 16.8. The van der Waals surface area contributed by atoms with Gasteiger partial charge in [-0.15, -0.1) is 0 Å². The van der Waals surface area contributed by atoms with E-state index < -0.39 is 10.1 Å². The van der Waals surface area contributed by atoms with Crippen molar-refractivity contribution in [3.63, 3.8) is 0 Å². The first kappa shape index (κ1) is 20.8. The standard InChI is InChI=1S/C17H25ClN2O5S/c1-12(2)19-17(21)20(11-15-5-4-8-24-15)10-13-9-14(18)6-7-16(13)25-26(3,22)23/h6-7,9,12,15H,4-5,8,10-11H2,1-3H3,(H,19,21)/t15-/m0/s1. The summed E-state index contributed by atoms with van der Waals surface area (Å²) in [6.07, 6.45) is 2.78. The third-order valence-electron chi connectivity index (χ3n) is 3.77. The second-order valence-electron chi connectivity index (χ2n) is 6.66. The predicted octanol–water partition coefficient (Wildman–Crippen LogP) is 2.78. The molecule has 1 aromatic rings. The summed E-state index contributed by atoms with van der Waals surface area (Å²) in [4.78, 5) is 14.2. The molecule has 0 bridgehead atoms. The number of rotatable bonds is 7. The van der Waals surface area contributed by atoms with Crippen molar-refractivity contribution in [1.82, 2.24) is 10.2 Å². The predicted molar refractivity (Wildman–Crippen MR) is 100.0 cm³/mol. The fourth-order valence-corrected chi connectivity index (χ4v) is 3.40. The van der Waals surface area contributed by atoms with Gasteiger partial charge >= 0.3 is 16.1 Å². The van der Waals surface area contributed by atoms with Crippen LogP contribution in [0, 0.1) is 0 Å². The Morgan fingerprint density at radius 3 is 2.77 bits per heavy atom. The summed E-state index contributed by atoms with van der Waals surface area (Å²) in [6.45, 7) is 5.00. The average Bonchev–Trinajstić information content (AvgIpc) is 3.00. The SMILES string of the molecule is CC(C)NC(=O)N(Cc1cc(Cl)ccc1OS(C)(=O)=O)C[C@@H]1CCCO1. The maximum atomic E-state index is 12.6. The number of nitrogens with one attached hydrogen (secondary N) is 1. The molecule has 2 rings (SSSR count). The molecule has 0 aromatic heterocycles. The molecular weight excluding hydrogens is 380 g/mol. The lowest BCUT2D eigenvalue weighted by Crippen LogP contribution is -2.45. The van der Waals surface area contributed by atoms with Gasteiger partial charge in [0, 0.05) is 29.8 Å². The van der Waals surface area contributed by atoms with Crippen molar-refractivity contribution in [3.05, 3.63) is 28.8 Å². The quantitative estimate of drug-likeness (QED) is 0.706. The smallest absolute Gasteiger partial charge is 0.317 e. The van der Waals surface area contributed by atoms with E-state index in [4.69, 9.17) is 20.5 Å². The van der Waals surface area contributed by atoms with E-state index in [0.717, 1.165) is 19.1 Å². The van der Waals surface area contributed by atoms with Crippen LogP contribution in [0.4, 0.5) is 4.79 Å². The van der Waals surface area contributed by atoms with E-state index in [1.807, 2.05) is 13.8 Å². The molecule has 2 amide bonds. The van der Waals surface area contributed by atoms with Crippen molar-refractivity contribution in [2.45, 2.75) is 45.4 Å². The molecule has 0 aliphatic carbocycles. The van der Waals surface area contributed by atoms with Crippen molar-refractivity contribution < 1.29 is 22.1 Å². The normalized spacial score (nSPS) is 17.3. The first-order chi connectivity index (χ1) is 12.1. The minimum atomic E-state index is -3.70. The Labute approximate surface area is 159 Å². The highest BCUT2D eigenvalue weighted by Crippen LogP contribution is 2.26. The van der Waals surface area contributed by atoms with Crippen LogP contribution in [0.1, 0.15) is 32.3 Å². The van der Waals surface area contributed by atoms with E-state index in [-0.39, 0.29) is 30.5 Å². The summed E-state index contributed by atoms with van der Waals surface area (Å²) in [7, 11) is -3.70. The van der Waals surface area contributed by atoms with Crippen molar-refractivity contribution in [3.8, 4) is 5.75 Å². The number of benzene rings is 1. The number of ether oxygens (including phenoxy) is 1. The summed E-state index contributed by atoms with van der Waals surface area (Å²) >= 11 is 6.06. The van der Waals surface area contributed by atoms with Gasteiger partial charge in [-0.1, -0.05) is 11.6 Å². The van der Waals surface area contributed by atoms with E-state index >= 15 is 0 Å². The van der Waals surface area contributed by atoms with Gasteiger partial charge in [0.15, 0.2) is 0 Å². The Morgan fingerprint density at radius 2 is 2.19 bits per heavy atom. The summed E-state index contributed by atoms with van der Waals surface area (Å²) in [5, 5.41) is 3.29. The monoisotopic (exact) mass is 404 g/mol. The van der Waals surface area contributed by atoms with Gasteiger partial charge in [-0.25, -0.2) is 4.79 Å². The average molecular weight is 405 g/mol. The van der Waals surface area contributed by atoms with Crippen molar-refractivity contribution in [1.29, 1.82) is 0 Å². The summed E-state index contributed by atoms with van der Waals surface area (Å²) < 4.78 is 33.7. The maximum Gasteiger partial charge on any atom is 0.317 e. The molecule has 1 aromatic carbocycles. The molecule has 146 valence electrons. The van der Waals surface area contributed by atoms with E-state index in [0.29, 0.717) is 23.7 Å². The molecular formula is C17H25ClN2O5S. The van der Waals surface area contributed by atoms with Crippen LogP contribution < -0.4 is 9.50 Å². The highest BCUT2D eigenvalue weighted by atomic mass is 35.5. The second kappa shape index (κ2) is 8.92. The minimum absolute atomic E-state index is 0.0272. The van der Waals surface area contributed by atoms with Gasteiger partial charge in [0.2, 0.25) is 0 Å². The van der Waals surface area contributed by atoms with Gasteiger partial charge in [0.1, 0.15) is 5.75 Å². The number of hydrogen-bond acceptors (Lipinski definition) is 5. The molecule has 1 saturated heterocycles. The van der Waals surface area contributed by atoms with Crippen molar-refractivity contribution >= 4 is 27.8 Å². The van der Waals surface area contributed by atoms with Crippen LogP contribution in [0.2, 0.25) is 5.02 Å². The molecule has 1 aliphatic rings. The van der Waals surface area contributed by atoms with Gasteiger partial charge in [-0.2, -0.15) is 8.42 Å². The van der Waals surface area contributed by atoms with Crippen LogP contribution in [0.25, 0.3) is 0 Å². The number of amides is 2. The lowest BCUT2D eigenvalue weighted by Gasteiger charge is -2.27. The number of carbonyl (C=O) groups is 1. The molecule has 0 saturated carbocycles. The Balaban J connectivity index is 2.25. The van der Waals surface area contributed by atoms with E-state index in [2.05, 4.69) is 5.32 Å². The van der Waals surface area contributed by atoms with Crippen molar-refractivity contribution in [2.75, 3.05) is 19.4 Å².